The van der Waals surface area contributed by atoms with Crippen molar-refractivity contribution < 1.29 is 33.9 Å². The van der Waals surface area contributed by atoms with Crippen LogP contribution in [0.15, 0.2) is 0 Å². The zero-order valence-electron chi connectivity index (χ0n) is 18.2. The summed E-state index contributed by atoms with van der Waals surface area (Å²) in [6, 6.07) is -4.76. The van der Waals surface area contributed by atoms with Crippen LogP contribution in [0.5, 0.6) is 0 Å². The Bertz CT molecular complexity index is 724. The van der Waals surface area contributed by atoms with Crippen molar-refractivity contribution in [1.82, 2.24) is 16.0 Å². The molecule has 10 N–H and O–H groups in total. The number of rotatable bonds is 17. The summed E-state index contributed by atoms with van der Waals surface area (Å²) in [6.45, 7) is 0. The Kier molecular flexibility index (Phi) is 14.9. The van der Waals surface area contributed by atoms with Crippen molar-refractivity contribution in [3.8, 4) is 0 Å². The van der Waals surface area contributed by atoms with E-state index in [4.69, 9.17) is 17.2 Å². The van der Waals surface area contributed by atoms with Gasteiger partial charge in [-0.1, -0.05) is 0 Å². The first-order chi connectivity index (χ1) is 15.4. The molecule has 188 valence electrons. The number of carboxylic acids is 1. The van der Waals surface area contributed by atoms with E-state index in [2.05, 4.69) is 28.6 Å². The fraction of sp³-hybridized carbons (Fsp3) is 0.667. The van der Waals surface area contributed by atoms with E-state index in [-0.39, 0.29) is 37.9 Å². The Morgan fingerprint density at radius 2 is 1.24 bits per heavy atom. The van der Waals surface area contributed by atoms with Gasteiger partial charge in [-0.25, -0.2) is 4.79 Å². The number of carbonyl (C=O) groups is 6. The van der Waals surface area contributed by atoms with Gasteiger partial charge < -0.3 is 38.3 Å². The topological polar surface area (TPSA) is 237 Å². The lowest BCUT2D eigenvalue weighted by Gasteiger charge is -2.25. The van der Waals surface area contributed by atoms with Crippen LogP contribution in [0, 0.1) is 0 Å². The minimum Gasteiger partial charge on any atom is -0.480 e. The molecule has 15 heteroatoms. The number of aliphatic carboxylic acids is 1. The number of thiol groups is 1. The molecule has 4 unspecified atom stereocenters. The zero-order valence-corrected chi connectivity index (χ0v) is 20.0. The predicted octanol–water partition coefficient (Wildman–Crippen LogP) is -2.93. The van der Waals surface area contributed by atoms with E-state index in [1.165, 1.54) is 11.8 Å². The third-order valence-electron chi connectivity index (χ3n) is 4.38. The van der Waals surface area contributed by atoms with Crippen LogP contribution >= 0.6 is 24.4 Å². The first kappa shape index (κ1) is 30.5. The molecule has 0 aromatic carbocycles. The molecule has 0 aliphatic rings. The number of amides is 5. The minimum atomic E-state index is -1.45. The molecule has 0 aromatic rings. The monoisotopic (exact) mass is 508 g/mol. The van der Waals surface area contributed by atoms with E-state index in [0.29, 0.717) is 5.75 Å². The van der Waals surface area contributed by atoms with Crippen molar-refractivity contribution >= 4 is 59.9 Å². The number of hydrogen-bond donors (Lipinski definition) is 8. The molecule has 0 spiro atoms. The Balaban J connectivity index is 5.49. The quantitative estimate of drug-likeness (QED) is 0.0937. The largest absolute Gasteiger partial charge is 0.480 e. The number of hydrogen-bond acceptors (Lipinski definition) is 9. The van der Waals surface area contributed by atoms with Gasteiger partial charge in [-0.2, -0.15) is 24.4 Å². The van der Waals surface area contributed by atoms with Crippen molar-refractivity contribution in [2.24, 2.45) is 17.2 Å². The Hall–Kier alpha value is -2.52. The number of carboxylic acid groups (broad SMARTS) is 1. The smallest absolute Gasteiger partial charge is 0.326 e. The Morgan fingerprint density at radius 3 is 1.67 bits per heavy atom. The molecule has 0 aliphatic heterocycles. The third-order valence-corrected chi connectivity index (χ3v) is 5.42. The number of thioether (sulfide) groups is 1. The molecule has 0 radical (unpaired) electrons. The van der Waals surface area contributed by atoms with E-state index in [1.807, 2.05) is 0 Å². The van der Waals surface area contributed by atoms with Gasteiger partial charge in [0.05, 0.1) is 6.04 Å². The highest BCUT2D eigenvalue weighted by atomic mass is 32.2. The van der Waals surface area contributed by atoms with Crippen LogP contribution < -0.4 is 33.2 Å². The second-order valence-corrected chi connectivity index (χ2v) is 8.45. The maximum Gasteiger partial charge on any atom is 0.326 e. The molecule has 0 saturated carbocycles. The zero-order chi connectivity index (χ0) is 25.6. The highest BCUT2D eigenvalue weighted by Gasteiger charge is 2.30. The molecule has 33 heavy (non-hydrogen) atoms. The van der Waals surface area contributed by atoms with Crippen LogP contribution in [-0.4, -0.2) is 82.5 Å². The fourth-order valence-electron chi connectivity index (χ4n) is 2.51. The van der Waals surface area contributed by atoms with E-state index in [0.717, 1.165) is 0 Å². The molecule has 0 heterocycles. The molecule has 0 bridgehead atoms. The average Bonchev–Trinajstić information content (AvgIpc) is 2.74. The van der Waals surface area contributed by atoms with Crippen LogP contribution in [0.1, 0.15) is 32.1 Å². The summed E-state index contributed by atoms with van der Waals surface area (Å²) in [5.41, 5.74) is 15.8. The number of primary amides is 2. The summed E-state index contributed by atoms with van der Waals surface area (Å²) in [5, 5.41) is 16.4. The van der Waals surface area contributed by atoms with E-state index < -0.39 is 59.7 Å². The minimum absolute atomic E-state index is 0.0498. The number of carbonyl (C=O) groups excluding carboxylic acids is 5. The lowest BCUT2D eigenvalue weighted by atomic mass is 10.1. The first-order valence-corrected chi connectivity index (χ1v) is 12.0. The summed E-state index contributed by atoms with van der Waals surface area (Å²) < 4.78 is 0. The SMILES string of the molecule is CSCCC(NC(=O)C(N)CS)C(=O)NC(CCC(N)=O)C(=O)NC(CCC(N)=O)C(=O)O. The lowest BCUT2D eigenvalue weighted by Crippen LogP contribution is -2.57. The van der Waals surface area contributed by atoms with Gasteiger partial charge in [0.25, 0.3) is 0 Å². The molecular formula is C18H32N6O7S2. The molecule has 13 nitrogen and oxygen atoms in total. The van der Waals surface area contributed by atoms with Crippen molar-refractivity contribution in [2.75, 3.05) is 17.8 Å². The van der Waals surface area contributed by atoms with Crippen molar-refractivity contribution in [3.63, 3.8) is 0 Å². The molecule has 0 aliphatic carbocycles. The van der Waals surface area contributed by atoms with Crippen LogP contribution in [0.2, 0.25) is 0 Å². The van der Waals surface area contributed by atoms with Gasteiger partial charge in [-0.05, 0) is 31.3 Å². The van der Waals surface area contributed by atoms with Gasteiger partial charge in [0.15, 0.2) is 0 Å². The summed E-state index contributed by atoms with van der Waals surface area (Å²) in [6.07, 6.45) is 0.985. The summed E-state index contributed by atoms with van der Waals surface area (Å²) in [5.74, 6) is -4.58. The molecule has 5 amide bonds. The molecule has 0 saturated heterocycles. The third kappa shape index (κ3) is 12.9. The highest BCUT2D eigenvalue weighted by molar-refractivity contribution is 7.98. The molecule has 4 atom stereocenters. The van der Waals surface area contributed by atoms with Gasteiger partial charge in [-0.15, -0.1) is 0 Å². The van der Waals surface area contributed by atoms with Gasteiger partial charge in [-0.3, -0.25) is 24.0 Å². The van der Waals surface area contributed by atoms with E-state index >= 15 is 0 Å². The van der Waals surface area contributed by atoms with Crippen LogP contribution in [0.4, 0.5) is 0 Å². The second kappa shape index (κ2) is 16.1. The van der Waals surface area contributed by atoms with Crippen molar-refractivity contribution in [3.05, 3.63) is 0 Å². The van der Waals surface area contributed by atoms with Gasteiger partial charge in [0.2, 0.25) is 29.5 Å². The highest BCUT2D eigenvalue weighted by Crippen LogP contribution is 2.06. The molecular weight excluding hydrogens is 476 g/mol. The van der Waals surface area contributed by atoms with Crippen LogP contribution in [0.3, 0.4) is 0 Å². The maximum absolute atomic E-state index is 12.8. The summed E-state index contributed by atoms with van der Waals surface area (Å²) in [4.78, 5) is 71.2. The van der Waals surface area contributed by atoms with Gasteiger partial charge in [0.1, 0.15) is 18.1 Å². The molecule has 0 rings (SSSR count). The first-order valence-electron chi connectivity index (χ1n) is 9.98. The molecule has 0 aromatic heterocycles. The van der Waals surface area contributed by atoms with Gasteiger partial charge >= 0.3 is 5.97 Å². The Morgan fingerprint density at radius 1 is 0.818 bits per heavy atom. The van der Waals surface area contributed by atoms with E-state index in [1.54, 1.807) is 6.26 Å². The predicted molar refractivity (Wildman–Crippen MR) is 125 cm³/mol. The van der Waals surface area contributed by atoms with Crippen molar-refractivity contribution in [2.45, 2.75) is 56.3 Å². The number of nitrogens with one attached hydrogen (secondary N) is 3. The van der Waals surface area contributed by atoms with Crippen LogP contribution in [-0.2, 0) is 28.8 Å². The second-order valence-electron chi connectivity index (χ2n) is 7.10. The standard InChI is InChI=1S/C18H32N6O7S2/c1-33-7-6-11(22-15(27)9(19)8-32)17(29)23-10(2-4-13(20)25)16(28)24-12(18(30)31)3-5-14(21)26/h9-12,32H,2-8,19H2,1H3,(H2,20,25)(H2,21,26)(H,22,27)(H,23,29)(H,24,28)(H,30,31). The average molecular weight is 509 g/mol. The van der Waals surface area contributed by atoms with Crippen LogP contribution in [0.25, 0.3) is 0 Å². The molecule has 0 fully saturated rings. The number of nitrogens with two attached hydrogens (primary N) is 3. The normalized spacial score (nSPS) is 14.3. The maximum atomic E-state index is 12.8. The summed E-state index contributed by atoms with van der Waals surface area (Å²) in [7, 11) is 0. The van der Waals surface area contributed by atoms with E-state index in [9.17, 15) is 33.9 Å². The lowest BCUT2D eigenvalue weighted by molar-refractivity contribution is -0.142. The van der Waals surface area contributed by atoms with Crippen molar-refractivity contribution in [1.29, 1.82) is 0 Å². The summed E-state index contributed by atoms with van der Waals surface area (Å²) >= 11 is 5.37. The fourth-order valence-corrected chi connectivity index (χ4v) is 3.15. The Labute approximate surface area is 201 Å². The van der Waals surface area contributed by atoms with Gasteiger partial charge in [0, 0.05) is 18.6 Å².